The van der Waals surface area contributed by atoms with Crippen molar-refractivity contribution in [3.63, 3.8) is 0 Å². The van der Waals surface area contributed by atoms with Gasteiger partial charge in [0.15, 0.2) is 0 Å². The van der Waals surface area contributed by atoms with Gasteiger partial charge < -0.3 is 4.90 Å². The molecule has 1 aromatic heterocycles. The molecule has 0 amide bonds. The van der Waals surface area contributed by atoms with Crippen LogP contribution in [0.1, 0.15) is 19.3 Å². The van der Waals surface area contributed by atoms with E-state index in [1.165, 1.54) is 43.4 Å². The second-order valence-corrected chi connectivity index (χ2v) is 5.80. The fourth-order valence-electron chi connectivity index (χ4n) is 3.29. The van der Waals surface area contributed by atoms with Crippen LogP contribution in [0.15, 0.2) is 36.9 Å². The van der Waals surface area contributed by atoms with E-state index in [1.807, 2.05) is 6.08 Å². The minimum atomic E-state index is 0.753. The minimum Gasteiger partial charge on any atom is -0.300 e. The van der Waals surface area contributed by atoms with E-state index in [1.54, 1.807) is 0 Å². The van der Waals surface area contributed by atoms with Gasteiger partial charge in [0.05, 0.1) is 13.1 Å². The zero-order valence-corrected chi connectivity index (χ0v) is 12.7. The lowest BCUT2D eigenvalue weighted by molar-refractivity contribution is -0.657. The van der Waals surface area contributed by atoms with Crippen LogP contribution < -0.4 is 10.3 Å². The van der Waals surface area contributed by atoms with E-state index >= 15 is 0 Å². The molecule has 4 heteroatoms. The molecule has 2 aromatic rings. The van der Waals surface area contributed by atoms with Gasteiger partial charge >= 0.3 is 5.95 Å². The number of nitrogens with zero attached hydrogens (tertiary/aromatic N) is 3. The average Bonchev–Trinajstić information content (AvgIpc) is 2.79. The summed E-state index contributed by atoms with van der Waals surface area (Å²) < 4.78 is 4.38. The number of rotatable bonds is 5. The lowest BCUT2D eigenvalue weighted by atomic mass is 10.1. The third kappa shape index (κ3) is 2.81. The van der Waals surface area contributed by atoms with Gasteiger partial charge in [0, 0.05) is 6.54 Å². The van der Waals surface area contributed by atoms with E-state index < -0.39 is 0 Å². The Morgan fingerprint density at radius 2 is 1.95 bits per heavy atom. The SMILES string of the molecule is C=CCn1c(N)[n+](CCN2CCCCC2)c2ccccc21. The molecule has 1 saturated heterocycles. The van der Waals surface area contributed by atoms with Crippen molar-refractivity contribution < 1.29 is 4.57 Å². The summed E-state index contributed by atoms with van der Waals surface area (Å²) >= 11 is 0. The smallest absolute Gasteiger partial charge is 0.300 e. The van der Waals surface area contributed by atoms with Gasteiger partial charge in [0.2, 0.25) is 0 Å². The van der Waals surface area contributed by atoms with Crippen LogP contribution in [0.2, 0.25) is 0 Å². The lowest BCUT2D eigenvalue weighted by Gasteiger charge is -2.25. The number of allylic oxidation sites excluding steroid dienone is 1. The minimum absolute atomic E-state index is 0.753. The first-order valence-corrected chi connectivity index (χ1v) is 7.91. The number of nitrogen functional groups attached to an aromatic ring is 1. The number of benzene rings is 1. The van der Waals surface area contributed by atoms with Crippen molar-refractivity contribution in [2.45, 2.75) is 32.4 Å². The van der Waals surface area contributed by atoms with E-state index in [-0.39, 0.29) is 0 Å². The fraction of sp³-hybridized carbons (Fsp3) is 0.471. The van der Waals surface area contributed by atoms with Gasteiger partial charge in [-0.15, -0.1) is 0 Å². The highest BCUT2D eigenvalue weighted by Gasteiger charge is 2.20. The monoisotopic (exact) mass is 285 g/mol. The van der Waals surface area contributed by atoms with Gasteiger partial charge in [-0.2, -0.15) is 0 Å². The van der Waals surface area contributed by atoms with Crippen LogP contribution in [-0.2, 0) is 13.1 Å². The highest BCUT2D eigenvalue weighted by molar-refractivity contribution is 5.73. The Morgan fingerprint density at radius 3 is 2.71 bits per heavy atom. The zero-order valence-electron chi connectivity index (χ0n) is 12.7. The zero-order chi connectivity index (χ0) is 14.7. The fourth-order valence-corrected chi connectivity index (χ4v) is 3.29. The molecule has 0 aliphatic carbocycles. The number of aromatic nitrogens is 2. The normalized spacial score (nSPS) is 16.4. The largest absolute Gasteiger partial charge is 0.356 e. The Balaban J connectivity index is 1.86. The number of imidazole rings is 1. The molecule has 1 aromatic carbocycles. The van der Waals surface area contributed by atoms with Crippen molar-refractivity contribution in [3.05, 3.63) is 36.9 Å². The van der Waals surface area contributed by atoms with Crippen molar-refractivity contribution in [1.82, 2.24) is 9.47 Å². The van der Waals surface area contributed by atoms with Gasteiger partial charge in [-0.05, 0) is 38.1 Å². The molecular formula is C17H25N4+. The van der Waals surface area contributed by atoms with Crippen LogP contribution >= 0.6 is 0 Å². The summed E-state index contributed by atoms with van der Waals surface area (Å²) in [5.74, 6) is 0.827. The number of hydrogen-bond acceptors (Lipinski definition) is 2. The van der Waals surface area contributed by atoms with Gasteiger partial charge in [0.25, 0.3) is 0 Å². The van der Waals surface area contributed by atoms with E-state index in [2.05, 4.69) is 44.9 Å². The number of hydrogen-bond donors (Lipinski definition) is 1. The summed E-state index contributed by atoms with van der Waals surface area (Å²) in [6, 6.07) is 8.43. The van der Waals surface area contributed by atoms with Crippen LogP contribution in [0.3, 0.4) is 0 Å². The maximum atomic E-state index is 6.38. The van der Waals surface area contributed by atoms with Crippen LogP contribution in [0.25, 0.3) is 11.0 Å². The van der Waals surface area contributed by atoms with Gasteiger partial charge in [-0.25, -0.2) is 9.13 Å². The second kappa shape index (κ2) is 6.31. The van der Waals surface area contributed by atoms with Crippen molar-refractivity contribution in [3.8, 4) is 0 Å². The van der Waals surface area contributed by atoms with Crippen molar-refractivity contribution >= 4 is 17.0 Å². The Labute approximate surface area is 126 Å². The maximum absolute atomic E-state index is 6.38. The number of fused-ring (bicyclic) bond motifs is 1. The van der Waals surface area contributed by atoms with Crippen LogP contribution in [0, 0.1) is 0 Å². The summed E-state index contributed by atoms with van der Waals surface area (Å²) in [6.45, 7) is 9.08. The molecule has 1 aliphatic heterocycles. The Kier molecular flexibility index (Phi) is 4.25. The standard InChI is InChI=1S/C17H24N4/c1-2-10-20-15-8-4-5-9-16(15)21(17(20)18)14-13-19-11-6-3-7-12-19/h2,4-5,8-9,18H,1,3,6-7,10-14H2/p+1. The highest BCUT2D eigenvalue weighted by Crippen LogP contribution is 2.16. The van der Waals surface area contributed by atoms with E-state index in [9.17, 15) is 0 Å². The average molecular weight is 285 g/mol. The molecule has 1 fully saturated rings. The molecule has 0 saturated carbocycles. The molecule has 4 nitrogen and oxygen atoms in total. The molecule has 1 aliphatic rings. The van der Waals surface area contributed by atoms with Gasteiger partial charge in [-0.3, -0.25) is 5.73 Å². The highest BCUT2D eigenvalue weighted by atomic mass is 15.2. The summed E-state index contributed by atoms with van der Waals surface area (Å²) in [7, 11) is 0. The number of nitrogens with two attached hydrogens (primary N) is 1. The summed E-state index contributed by atoms with van der Waals surface area (Å²) in [6.07, 6.45) is 5.94. The second-order valence-electron chi connectivity index (χ2n) is 5.80. The number of likely N-dealkylation sites (tertiary alicyclic amines) is 1. The molecule has 112 valence electrons. The predicted octanol–water partition coefficient (Wildman–Crippen LogP) is 2.18. The molecule has 0 spiro atoms. The third-order valence-electron chi connectivity index (χ3n) is 4.42. The number of anilines is 1. The third-order valence-corrected chi connectivity index (χ3v) is 4.42. The van der Waals surface area contributed by atoms with Crippen molar-refractivity contribution in [2.75, 3.05) is 25.4 Å². The Hall–Kier alpha value is -1.81. The molecule has 0 bridgehead atoms. The Bertz CT molecular complexity index is 623. The van der Waals surface area contributed by atoms with Crippen LogP contribution in [0.4, 0.5) is 5.95 Å². The first-order valence-electron chi connectivity index (χ1n) is 7.91. The summed E-state index contributed by atoms with van der Waals surface area (Å²) in [5.41, 5.74) is 8.78. The van der Waals surface area contributed by atoms with Crippen molar-refractivity contribution in [2.24, 2.45) is 0 Å². The molecule has 0 radical (unpaired) electrons. The molecule has 0 unspecified atom stereocenters. The molecule has 2 N–H and O–H groups in total. The van der Waals surface area contributed by atoms with E-state index in [4.69, 9.17) is 5.73 Å². The lowest BCUT2D eigenvalue weighted by Crippen LogP contribution is -2.43. The van der Waals surface area contributed by atoms with Crippen LogP contribution in [0.5, 0.6) is 0 Å². The molecular weight excluding hydrogens is 260 g/mol. The van der Waals surface area contributed by atoms with Gasteiger partial charge in [0.1, 0.15) is 11.0 Å². The van der Waals surface area contributed by atoms with Gasteiger partial charge in [-0.1, -0.05) is 31.2 Å². The van der Waals surface area contributed by atoms with E-state index in [0.717, 1.165) is 25.6 Å². The quantitative estimate of drug-likeness (QED) is 0.675. The molecule has 21 heavy (non-hydrogen) atoms. The molecule has 3 rings (SSSR count). The topological polar surface area (TPSA) is 38.1 Å². The molecule has 2 heterocycles. The summed E-state index contributed by atoms with van der Waals surface area (Å²) in [4.78, 5) is 2.55. The first kappa shape index (κ1) is 14.1. The first-order chi connectivity index (χ1) is 10.3. The van der Waals surface area contributed by atoms with Crippen molar-refractivity contribution in [1.29, 1.82) is 0 Å². The molecule has 0 atom stereocenters. The van der Waals surface area contributed by atoms with E-state index in [0.29, 0.717) is 0 Å². The van der Waals surface area contributed by atoms with Crippen LogP contribution in [-0.4, -0.2) is 29.1 Å². The predicted molar refractivity (Wildman–Crippen MR) is 87.0 cm³/mol. The number of piperidine rings is 1. The summed E-state index contributed by atoms with van der Waals surface area (Å²) in [5, 5.41) is 0. The maximum Gasteiger partial charge on any atom is 0.356 e. The Morgan fingerprint density at radius 1 is 1.19 bits per heavy atom. The number of para-hydroxylation sites is 2.